The van der Waals surface area contributed by atoms with Gasteiger partial charge in [-0.1, -0.05) is 5.21 Å². The van der Waals surface area contributed by atoms with Crippen molar-refractivity contribution >= 4 is 11.0 Å². The largest absolute Gasteiger partial charge is 0.508 e. The van der Waals surface area contributed by atoms with E-state index >= 15 is 0 Å². The van der Waals surface area contributed by atoms with Crippen LogP contribution in [0, 0.1) is 0 Å². The van der Waals surface area contributed by atoms with E-state index in [-0.39, 0.29) is 18.4 Å². The topological polar surface area (TPSA) is 71.2 Å². The number of fused-ring (bicyclic) bond motifs is 1. The molecule has 1 unspecified atom stereocenters. The number of hydrogen-bond acceptors (Lipinski definition) is 4. The van der Waals surface area contributed by atoms with Crippen LogP contribution in [0.4, 0.5) is 0 Å². The number of benzene rings is 1. The Kier molecular flexibility index (Phi) is 2.09. The maximum absolute atomic E-state index is 9.30. The first-order valence-corrected chi connectivity index (χ1v) is 4.37. The van der Waals surface area contributed by atoms with Crippen LogP contribution >= 0.6 is 0 Å². The van der Waals surface area contributed by atoms with Crippen molar-refractivity contribution in [1.82, 2.24) is 15.0 Å². The Morgan fingerprint density at radius 1 is 1.50 bits per heavy atom. The molecule has 1 aromatic carbocycles. The van der Waals surface area contributed by atoms with Gasteiger partial charge >= 0.3 is 0 Å². The maximum atomic E-state index is 9.30. The second-order valence-corrected chi connectivity index (χ2v) is 3.24. The van der Waals surface area contributed by atoms with Crippen LogP contribution in [-0.2, 0) is 0 Å². The van der Waals surface area contributed by atoms with E-state index in [4.69, 9.17) is 5.11 Å². The summed E-state index contributed by atoms with van der Waals surface area (Å²) >= 11 is 0. The third-order valence-electron chi connectivity index (χ3n) is 2.14. The van der Waals surface area contributed by atoms with Gasteiger partial charge in [0.05, 0.1) is 18.2 Å². The summed E-state index contributed by atoms with van der Waals surface area (Å²) in [5, 5.41) is 26.1. The molecule has 2 aromatic rings. The van der Waals surface area contributed by atoms with Gasteiger partial charge in [-0.25, -0.2) is 4.68 Å². The molecule has 0 spiro atoms. The highest BCUT2D eigenvalue weighted by Crippen LogP contribution is 2.20. The van der Waals surface area contributed by atoms with Crippen molar-refractivity contribution in [3.63, 3.8) is 0 Å². The van der Waals surface area contributed by atoms with Crippen LogP contribution in [0.25, 0.3) is 11.0 Å². The monoisotopic (exact) mass is 193 g/mol. The van der Waals surface area contributed by atoms with Gasteiger partial charge in [-0.3, -0.25) is 0 Å². The zero-order valence-electron chi connectivity index (χ0n) is 7.75. The minimum atomic E-state index is -0.137. The number of aromatic hydroxyl groups is 1. The predicted molar refractivity (Wildman–Crippen MR) is 51.0 cm³/mol. The van der Waals surface area contributed by atoms with Gasteiger partial charge in [0.15, 0.2) is 0 Å². The van der Waals surface area contributed by atoms with Crippen LogP contribution in [0.2, 0.25) is 0 Å². The molecule has 5 nitrogen and oxygen atoms in total. The lowest BCUT2D eigenvalue weighted by Crippen LogP contribution is -2.10. The van der Waals surface area contributed by atoms with Crippen LogP contribution in [0.3, 0.4) is 0 Å². The Morgan fingerprint density at radius 2 is 2.29 bits per heavy atom. The molecule has 0 saturated carbocycles. The summed E-state index contributed by atoms with van der Waals surface area (Å²) in [5.74, 6) is 0.172. The van der Waals surface area contributed by atoms with Crippen LogP contribution < -0.4 is 0 Å². The quantitative estimate of drug-likeness (QED) is 0.736. The Morgan fingerprint density at radius 3 is 3.00 bits per heavy atom. The standard InChI is InChI=1S/C9H11N3O2/c1-6(5-13)12-9-4-7(14)2-3-8(9)10-11-12/h2-4,6,13-14H,5H2,1H3. The van der Waals surface area contributed by atoms with Crippen molar-refractivity contribution in [3.8, 4) is 5.75 Å². The second kappa shape index (κ2) is 3.26. The smallest absolute Gasteiger partial charge is 0.117 e. The van der Waals surface area contributed by atoms with E-state index in [1.165, 1.54) is 0 Å². The number of phenols is 1. The first-order valence-electron chi connectivity index (χ1n) is 4.37. The summed E-state index contributed by atoms with van der Waals surface area (Å²) in [7, 11) is 0. The first-order chi connectivity index (χ1) is 6.72. The van der Waals surface area contributed by atoms with Gasteiger partial charge in [0, 0.05) is 6.07 Å². The molecule has 14 heavy (non-hydrogen) atoms. The summed E-state index contributed by atoms with van der Waals surface area (Å²) in [4.78, 5) is 0. The van der Waals surface area contributed by atoms with Gasteiger partial charge in [0.2, 0.25) is 0 Å². The molecule has 2 N–H and O–H groups in total. The van der Waals surface area contributed by atoms with E-state index < -0.39 is 0 Å². The van der Waals surface area contributed by atoms with E-state index in [2.05, 4.69) is 10.3 Å². The molecule has 0 aliphatic rings. The highest BCUT2D eigenvalue weighted by atomic mass is 16.3. The third kappa shape index (κ3) is 1.31. The van der Waals surface area contributed by atoms with Crippen molar-refractivity contribution in [2.45, 2.75) is 13.0 Å². The summed E-state index contributed by atoms with van der Waals surface area (Å²) in [6.45, 7) is 1.83. The molecule has 0 saturated heterocycles. The molecule has 0 radical (unpaired) electrons. The molecule has 5 heteroatoms. The van der Waals surface area contributed by atoms with Gasteiger partial charge in [-0.05, 0) is 19.1 Å². The average molecular weight is 193 g/mol. The lowest BCUT2D eigenvalue weighted by molar-refractivity contribution is 0.231. The Labute approximate surface area is 80.6 Å². The van der Waals surface area contributed by atoms with Crippen LogP contribution in [0.1, 0.15) is 13.0 Å². The fourth-order valence-electron chi connectivity index (χ4n) is 1.33. The minimum Gasteiger partial charge on any atom is -0.508 e. The molecule has 1 heterocycles. The summed E-state index contributed by atoms with van der Waals surface area (Å²) in [6.07, 6.45) is 0. The molecule has 0 bridgehead atoms. The normalized spacial score (nSPS) is 13.3. The van der Waals surface area contributed by atoms with Gasteiger partial charge < -0.3 is 10.2 Å². The second-order valence-electron chi connectivity index (χ2n) is 3.24. The number of aromatic nitrogens is 3. The van der Waals surface area contributed by atoms with Crippen LogP contribution in [-0.4, -0.2) is 31.8 Å². The molecule has 1 atom stereocenters. The summed E-state index contributed by atoms with van der Waals surface area (Å²) < 4.78 is 1.59. The summed E-state index contributed by atoms with van der Waals surface area (Å²) in [5.41, 5.74) is 1.44. The van der Waals surface area contributed by atoms with Crippen LogP contribution in [0.15, 0.2) is 18.2 Å². The number of rotatable bonds is 2. The number of hydrogen-bond donors (Lipinski definition) is 2. The van der Waals surface area contributed by atoms with Crippen molar-refractivity contribution in [2.75, 3.05) is 6.61 Å². The van der Waals surface area contributed by atoms with E-state index in [9.17, 15) is 5.11 Å². The lowest BCUT2D eigenvalue weighted by atomic mass is 10.3. The molecular weight excluding hydrogens is 182 g/mol. The molecule has 0 fully saturated rings. The van der Waals surface area contributed by atoms with Gasteiger partial charge in [0.25, 0.3) is 0 Å². The molecule has 1 aromatic heterocycles. The van der Waals surface area contributed by atoms with Gasteiger partial charge in [-0.2, -0.15) is 0 Å². The van der Waals surface area contributed by atoms with Crippen molar-refractivity contribution in [2.24, 2.45) is 0 Å². The molecule has 74 valence electrons. The first kappa shape index (κ1) is 8.96. The Bertz CT molecular complexity index is 452. The zero-order chi connectivity index (χ0) is 10.1. The predicted octanol–water partition coefficient (Wildman–Crippen LogP) is 0.690. The highest BCUT2D eigenvalue weighted by molar-refractivity contribution is 5.75. The highest BCUT2D eigenvalue weighted by Gasteiger charge is 2.10. The van der Waals surface area contributed by atoms with E-state index in [1.54, 1.807) is 22.9 Å². The fraction of sp³-hybridized carbons (Fsp3) is 0.333. The molecule has 0 aliphatic heterocycles. The molecule has 2 rings (SSSR count). The maximum Gasteiger partial charge on any atom is 0.117 e. The number of aliphatic hydroxyl groups excluding tert-OH is 1. The minimum absolute atomic E-state index is 0.00584. The average Bonchev–Trinajstić information content (AvgIpc) is 2.59. The Hall–Kier alpha value is -1.62. The van der Waals surface area contributed by atoms with E-state index in [1.807, 2.05) is 6.92 Å². The van der Waals surface area contributed by atoms with Crippen molar-refractivity contribution in [1.29, 1.82) is 0 Å². The van der Waals surface area contributed by atoms with Gasteiger partial charge in [-0.15, -0.1) is 5.10 Å². The van der Waals surface area contributed by atoms with Gasteiger partial charge in [0.1, 0.15) is 11.3 Å². The molecule has 0 amide bonds. The number of phenolic OH excluding ortho intramolecular Hbond substituents is 1. The fourth-order valence-corrected chi connectivity index (χ4v) is 1.33. The van der Waals surface area contributed by atoms with E-state index in [0.29, 0.717) is 5.52 Å². The van der Waals surface area contributed by atoms with Crippen molar-refractivity contribution < 1.29 is 10.2 Å². The van der Waals surface area contributed by atoms with Crippen molar-refractivity contribution in [3.05, 3.63) is 18.2 Å². The molecular formula is C9H11N3O2. The third-order valence-corrected chi connectivity index (χ3v) is 2.14. The lowest BCUT2D eigenvalue weighted by Gasteiger charge is -2.08. The van der Waals surface area contributed by atoms with Crippen LogP contribution in [0.5, 0.6) is 5.75 Å². The zero-order valence-corrected chi connectivity index (χ0v) is 7.75. The summed E-state index contributed by atoms with van der Waals surface area (Å²) in [6, 6.07) is 4.70. The number of nitrogens with zero attached hydrogens (tertiary/aromatic N) is 3. The Balaban J connectivity index is 2.61. The van der Waals surface area contributed by atoms with E-state index in [0.717, 1.165) is 5.52 Å². The molecule has 0 aliphatic carbocycles. The SMILES string of the molecule is CC(CO)n1nnc2ccc(O)cc21. The number of aliphatic hydroxyl groups is 1.